The van der Waals surface area contributed by atoms with E-state index >= 15 is 0 Å². The maximum Gasteiger partial charge on any atom is 0.182 e. The van der Waals surface area contributed by atoms with E-state index < -0.39 is 0 Å². The number of rotatable bonds is 2. The number of carbonyl (C=O) groups is 1. The molecule has 0 amide bonds. The van der Waals surface area contributed by atoms with Crippen LogP contribution in [0.1, 0.15) is 5.56 Å². The Hall–Kier alpha value is -1.89. The second kappa shape index (κ2) is 4.09. The fraction of sp³-hybridized carbons (Fsp3) is 0.0714. The zero-order valence-corrected chi connectivity index (χ0v) is 8.39. The van der Waals surface area contributed by atoms with Crippen LogP contribution >= 0.6 is 0 Å². The molecule has 0 unspecified atom stereocenters. The van der Waals surface area contributed by atoms with Gasteiger partial charge in [0.2, 0.25) is 0 Å². The standard InChI is InChI=1S/C14H12O/c1-2-12-8-9-14(15)13(12)10-11-6-4-3-5-7-11/h2-10,12H,1H2/b13-10+/t12-/m1/s1. The monoisotopic (exact) mass is 196 g/mol. The second-order valence-corrected chi connectivity index (χ2v) is 3.50. The van der Waals surface area contributed by atoms with Gasteiger partial charge < -0.3 is 0 Å². The number of ketones is 1. The molecule has 0 saturated carbocycles. The van der Waals surface area contributed by atoms with E-state index in [4.69, 9.17) is 0 Å². The number of hydrogen-bond acceptors (Lipinski definition) is 1. The van der Waals surface area contributed by atoms with Gasteiger partial charge in [0, 0.05) is 11.5 Å². The third kappa shape index (κ3) is 1.96. The summed E-state index contributed by atoms with van der Waals surface area (Å²) in [5.74, 6) is 0.154. The van der Waals surface area contributed by atoms with Crippen molar-refractivity contribution in [2.24, 2.45) is 5.92 Å². The minimum absolute atomic E-state index is 0.0673. The molecular weight excluding hydrogens is 184 g/mol. The lowest BCUT2D eigenvalue weighted by atomic mass is 9.99. The maximum absolute atomic E-state index is 11.5. The van der Waals surface area contributed by atoms with Crippen molar-refractivity contribution in [3.63, 3.8) is 0 Å². The van der Waals surface area contributed by atoms with Gasteiger partial charge in [-0.15, -0.1) is 6.58 Å². The summed E-state index contributed by atoms with van der Waals surface area (Å²) in [6.07, 6.45) is 7.20. The third-order valence-electron chi connectivity index (χ3n) is 2.47. The van der Waals surface area contributed by atoms with Crippen LogP contribution in [0.15, 0.2) is 60.7 Å². The van der Waals surface area contributed by atoms with Crippen molar-refractivity contribution in [3.05, 3.63) is 66.3 Å². The van der Waals surface area contributed by atoms with Crippen molar-refractivity contribution in [2.75, 3.05) is 0 Å². The number of allylic oxidation sites excluding steroid dienone is 4. The quantitative estimate of drug-likeness (QED) is 0.525. The van der Waals surface area contributed by atoms with Gasteiger partial charge in [0.15, 0.2) is 5.78 Å². The molecule has 1 aliphatic carbocycles. The molecule has 0 aromatic heterocycles. The first-order valence-electron chi connectivity index (χ1n) is 4.93. The van der Waals surface area contributed by atoms with Gasteiger partial charge in [-0.2, -0.15) is 0 Å². The molecule has 1 atom stereocenters. The summed E-state index contributed by atoms with van der Waals surface area (Å²) in [6, 6.07) is 9.85. The summed E-state index contributed by atoms with van der Waals surface area (Å²) in [5.41, 5.74) is 1.85. The number of carbonyl (C=O) groups excluding carboxylic acids is 1. The van der Waals surface area contributed by atoms with E-state index in [0.29, 0.717) is 0 Å². The Kier molecular flexibility index (Phi) is 2.64. The van der Waals surface area contributed by atoms with Gasteiger partial charge in [0.05, 0.1) is 0 Å². The van der Waals surface area contributed by atoms with Crippen LogP contribution < -0.4 is 0 Å². The fourth-order valence-electron chi connectivity index (χ4n) is 1.66. The maximum atomic E-state index is 11.5. The number of hydrogen-bond donors (Lipinski definition) is 0. The average Bonchev–Trinajstić information content (AvgIpc) is 2.62. The minimum Gasteiger partial charge on any atom is -0.290 e. The topological polar surface area (TPSA) is 17.1 Å². The summed E-state index contributed by atoms with van der Waals surface area (Å²) in [4.78, 5) is 11.5. The van der Waals surface area contributed by atoms with E-state index in [2.05, 4.69) is 6.58 Å². The van der Waals surface area contributed by atoms with Crippen molar-refractivity contribution in [1.82, 2.24) is 0 Å². The van der Waals surface area contributed by atoms with Crippen molar-refractivity contribution in [2.45, 2.75) is 0 Å². The minimum atomic E-state index is 0.0673. The van der Waals surface area contributed by atoms with E-state index in [0.717, 1.165) is 11.1 Å². The van der Waals surface area contributed by atoms with Crippen LogP contribution in [0.2, 0.25) is 0 Å². The lowest BCUT2D eigenvalue weighted by molar-refractivity contribution is -0.111. The predicted molar refractivity (Wildman–Crippen MR) is 62.3 cm³/mol. The summed E-state index contributed by atoms with van der Waals surface area (Å²) in [6.45, 7) is 3.72. The highest BCUT2D eigenvalue weighted by atomic mass is 16.1. The van der Waals surface area contributed by atoms with E-state index in [1.54, 1.807) is 12.2 Å². The summed E-state index contributed by atoms with van der Waals surface area (Å²) >= 11 is 0. The van der Waals surface area contributed by atoms with Crippen LogP contribution in [-0.2, 0) is 4.79 Å². The van der Waals surface area contributed by atoms with Crippen LogP contribution in [-0.4, -0.2) is 5.78 Å². The first-order valence-corrected chi connectivity index (χ1v) is 4.93. The van der Waals surface area contributed by atoms with Gasteiger partial charge in [-0.3, -0.25) is 4.79 Å². The third-order valence-corrected chi connectivity index (χ3v) is 2.47. The second-order valence-electron chi connectivity index (χ2n) is 3.50. The molecular formula is C14H12O. The Morgan fingerprint density at radius 2 is 1.93 bits per heavy atom. The van der Waals surface area contributed by atoms with Crippen LogP contribution in [0.3, 0.4) is 0 Å². The van der Waals surface area contributed by atoms with E-state index in [1.165, 1.54) is 0 Å². The normalized spacial score (nSPS) is 22.3. The molecule has 74 valence electrons. The largest absolute Gasteiger partial charge is 0.290 e. The molecule has 1 nitrogen and oxygen atoms in total. The highest BCUT2D eigenvalue weighted by molar-refractivity contribution is 6.10. The Morgan fingerprint density at radius 1 is 1.20 bits per heavy atom. The molecule has 15 heavy (non-hydrogen) atoms. The molecule has 0 aliphatic heterocycles. The van der Waals surface area contributed by atoms with Gasteiger partial charge in [-0.25, -0.2) is 0 Å². The summed E-state index contributed by atoms with van der Waals surface area (Å²) in [7, 11) is 0. The average molecular weight is 196 g/mol. The van der Waals surface area contributed by atoms with Crippen molar-refractivity contribution >= 4 is 11.9 Å². The number of benzene rings is 1. The Balaban J connectivity index is 2.34. The molecule has 1 aromatic rings. The molecule has 0 bridgehead atoms. The van der Waals surface area contributed by atoms with Crippen LogP contribution in [0.4, 0.5) is 0 Å². The van der Waals surface area contributed by atoms with Crippen LogP contribution in [0, 0.1) is 5.92 Å². The predicted octanol–water partition coefficient (Wildman–Crippen LogP) is 3.01. The summed E-state index contributed by atoms with van der Waals surface area (Å²) < 4.78 is 0. The molecule has 1 aliphatic rings. The highest BCUT2D eigenvalue weighted by Gasteiger charge is 2.19. The Morgan fingerprint density at radius 3 is 2.60 bits per heavy atom. The SMILES string of the molecule is C=C[C@@H]1C=CC(=O)/C1=C/c1ccccc1. The molecule has 1 aromatic carbocycles. The lowest BCUT2D eigenvalue weighted by Gasteiger charge is -2.03. The molecule has 2 rings (SSSR count). The molecule has 1 heteroatoms. The molecule has 0 heterocycles. The van der Waals surface area contributed by atoms with Crippen LogP contribution in [0.5, 0.6) is 0 Å². The van der Waals surface area contributed by atoms with Gasteiger partial charge >= 0.3 is 0 Å². The smallest absolute Gasteiger partial charge is 0.182 e. The summed E-state index contributed by atoms with van der Waals surface area (Å²) in [5, 5.41) is 0. The van der Waals surface area contributed by atoms with Crippen molar-refractivity contribution in [3.8, 4) is 0 Å². The van der Waals surface area contributed by atoms with Gasteiger partial charge in [0.25, 0.3) is 0 Å². The molecule has 0 fully saturated rings. The fourth-order valence-corrected chi connectivity index (χ4v) is 1.66. The molecule has 0 saturated heterocycles. The lowest BCUT2D eigenvalue weighted by Crippen LogP contribution is -1.99. The van der Waals surface area contributed by atoms with E-state index in [1.807, 2.05) is 42.5 Å². The molecule has 0 spiro atoms. The Labute approximate surface area is 89.4 Å². The van der Waals surface area contributed by atoms with Crippen LogP contribution in [0.25, 0.3) is 6.08 Å². The zero-order chi connectivity index (χ0) is 10.7. The van der Waals surface area contributed by atoms with E-state index in [9.17, 15) is 4.79 Å². The Bertz CT molecular complexity index is 438. The van der Waals surface area contributed by atoms with Gasteiger partial charge in [-0.1, -0.05) is 42.5 Å². The van der Waals surface area contributed by atoms with Gasteiger partial charge in [0.1, 0.15) is 0 Å². The first kappa shape index (κ1) is 9.66. The zero-order valence-electron chi connectivity index (χ0n) is 8.39. The van der Waals surface area contributed by atoms with Crippen molar-refractivity contribution < 1.29 is 4.79 Å². The van der Waals surface area contributed by atoms with Gasteiger partial charge in [-0.05, 0) is 17.7 Å². The molecule has 0 N–H and O–H groups in total. The molecule has 0 radical (unpaired) electrons. The highest BCUT2D eigenvalue weighted by Crippen LogP contribution is 2.24. The first-order chi connectivity index (χ1) is 7.31. The van der Waals surface area contributed by atoms with Crippen molar-refractivity contribution in [1.29, 1.82) is 0 Å². The van der Waals surface area contributed by atoms with E-state index in [-0.39, 0.29) is 11.7 Å².